The first-order valence-corrected chi connectivity index (χ1v) is 9.96. The van der Waals surface area contributed by atoms with Crippen molar-refractivity contribution in [3.05, 3.63) is 59.1 Å². The first-order valence-electron chi connectivity index (χ1n) is 9.58. The Labute approximate surface area is 172 Å². The van der Waals surface area contributed by atoms with Crippen molar-refractivity contribution in [2.45, 2.75) is 40.5 Å². The summed E-state index contributed by atoms with van der Waals surface area (Å²) in [6, 6.07) is 16.3. The number of aromatic nitrogens is 3. The first kappa shape index (κ1) is 20.3. The van der Waals surface area contributed by atoms with Gasteiger partial charge in [-0.15, -0.1) is 5.10 Å². The summed E-state index contributed by atoms with van der Waals surface area (Å²) in [5, 5.41) is 9.31. The third kappa shape index (κ3) is 5.29. The summed E-state index contributed by atoms with van der Waals surface area (Å²) in [4.78, 5) is 4.69. The molecule has 3 aromatic rings. The Morgan fingerprint density at radius 1 is 0.857 bits per heavy atom. The molecular weight excluding hydrogens is 370 g/mol. The number of halogens is 1. The predicted molar refractivity (Wildman–Crippen MR) is 115 cm³/mol. The minimum Gasteiger partial charge on any atom is -0.462 e. The molecule has 4 nitrogen and oxygen atoms in total. The van der Waals surface area contributed by atoms with E-state index in [0.29, 0.717) is 23.3 Å². The fourth-order valence-corrected chi connectivity index (χ4v) is 2.90. The number of hydrogen-bond donors (Lipinski definition) is 0. The summed E-state index contributed by atoms with van der Waals surface area (Å²) in [5.74, 6) is 0. The molecule has 0 aliphatic rings. The Morgan fingerprint density at radius 3 is 2.07 bits per heavy atom. The van der Waals surface area contributed by atoms with E-state index in [2.05, 4.69) is 62.2 Å². The largest absolute Gasteiger partial charge is 0.462 e. The van der Waals surface area contributed by atoms with Crippen LogP contribution in [0, 0.1) is 5.41 Å². The van der Waals surface area contributed by atoms with Crippen molar-refractivity contribution in [3.8, 4) is 28.5 Å². The van der Waals surface area contributed by atoms with Crippen LogP contribution >= 0.6 is 11.6 Å². The van der Waals surface area contributed by atoms with Crippen molar-refractivity contribution < 1.29 is 4.74 Å². The quantitative estimate of drug-likeness (QED) is 0.495. The molecule has 0 fully saturated rings. The average molecular weight is 396 g/mol. The van der Waals surface area contributed by atoms with Gasteiger partial charge in [-0.3, -0.25) is 0 Å². The summed E-state index contributed by atoms with van der Waals surface area (Å²) < 4.78 is 5.80. The molecule has 28 heavy (non-hydrogen) atoms. The fraction of sp³-hybridized carbons (Fsp3) is 0.348. The lowest BCUT2D eigenvalue weighted by Crippen LogP contribution is -2.18. The summed E-state index contributed by atoms with van der Waals surface area (Å²) in [6.45, 7) is 9.02. The van der Waals surface area contributed by atoms with Gasteiger partial charge in [0, 0.05) is 16.1 Å². The van der Waals surface area contributed by atoms with Crippen LogP contribution < -0.4 is 4.74 Å². The molecule has 0 unspecified atom stereocenters. The number of nitrogens with zero attached hydrogens (tertiary/aromatic N) is 3. The molecule has 0 atom stereocenters. The van der Waals surface area contributed by atoms with E-state index in [1.165, 1.54) is 5.56 Å². The molecule has 0 aliphatic carbocycles. The van der Waals surface area contributed by atoms with Gasteiger partial charge < -0.3 is 4.74 Å². The molecule has 2 aromatic carbocycles. The van der Waals surface area contributed by atoms with E-state index in [1.54, 1.807) is 0 Å². The highest BCUT2D eigenvalue weighted by molar-refractivity contribution is 6.30. The number of rotatable bonds is 6. The molecule has 1 heterocycles. The predicted octanol–water partition coefficient (Wildman–Crippen LogP) is 6.24. The zero-order valence-electron chi connectivity index (χ0n) is 16.9. The van der Waals surface area contributed by atoms with Gasteiger partial charge >= 0.3 is 6.01 Å². The minimum atomic E-state index is 0.0141. The Hall–Kier alpha value is -2.46. The second-order valence-corrected chi connectivity index (χ2v) is 8.53. The van der Waals surface area contributed by atoms with E-state index in [9.17, 15) is 0 Å². The molecule has 0 spiro atoms. The number of benzene rings is 2. The van der Waals surface area contributed by atoms with E-state index >= 15 is 0 Å². The van der Waals surface area contributed by atoms with Gasteiger partial charge in [-0.05, 0) is 29.5 Å². The van der Waals surface area contributed by atoms with Gasteiger partial charge in [-0.2, -0.15) is 4.98 Å². The van der Waals surface area contributed by atoms with Crippen LogP contribution in [-0.4, -0.2) is 21.8 Å². The second-order valence-electron chi connectivity index (χ2n) is 8.09. The second kappa shape index (κ2) is 8.70. The summed E-state index contributed by atoms with van der Waals surface area (Å²) in [5.41, 5.74) is 4.69. The minimum absolute atomic E-state index is 0.0141. The van der Waals surface area contributed by atoms with Crippen LogP contribution in [0.25, 0.3) is 22.5 Å². The van der Waals surface area contributed by atoms with E-state index in [4.69, 9.17) is 21.3 Å². The van der Waals surface area contributed by atoms with Gasteiger partial charge in [0.15, 0.2) is 0 Å². The molecular formula is C23H26ClN3O. The Bertz CT molecular complexity index is 916. The van der Waals surface area contributed by atoms with E-state index in [1.807, 2.05) is 24.3 Å². The number of aryl methyl sites for hydroxylation is 1. The van der Waals surface area contributed by atoms with Crippen molar-refractivity contribution in [2.24, 2.45) is 5.41 Å². The average Bonchev–Trinajstić information content (AvgIpc) is 2.67. The number of hydrogen-bond acceptors (Lipinski definition) is 4. The van der Waals surface area contributed by atoms with Crippen LogP contribution in [0.5, 0.6) is 6.01 Å². The monoisotopic (exact) mass is 395 g/mol. The van der Waals surface area contributed by atoms with E-state index in [-0.39, 0.29) is 5.41 Å². The Balaban J connectivity index is 2.02. The maximum atomic E-state index is 6.04. The molecule has 0 aliphatic heterocycles. The third-order valence-electron chi connectivity index (χ3n) is 4.19. The van der Waals surface area contributed by atoms with Crippen LogP contribution in [0.3, 0.4) is 0 Å². The van der Waals surface area contributed by atoms with Crippen LogP contribution in [0.1, 0.15) is 39.7 Å². The smallest absolute Gasteiger partial charge is 0.336 e. The lowest BCUT2D eigenvalue weighted by molar-refractivity contribution is 0.183. The molecule has 0 amide bonds. The van der Waals surface area contributed by atoms with Crippen molar-refractivity contribution in [1.82, 2.24) is 15.2 Å². The van der Waals surface area contributed by atoms with Crippen molar-refractivity contribution in [1.29, 1.82) is 0 Å². The summed E-state index contributed by atoms with van der Waals surface area (Å²) in [6.07, 6.45) is 2.18. The van der Waals surface area contributed by atoms with Gasteiger partial charge in [0.2, 0.25) is 0 Å². The maximum absolute atomic E-state index is 6.04. The van der Waals surface area contributed by atoms with Crippen molar-refractivity contribution in [3.63, 3.8) is 0 Å². The highest BCUT2D eigenvalue weighted by Crippen LogP contribution is 2.30. The van der Waals surface area contributed by atoms with E-state index in [0.717, 1.165) is 29.7 Å². The van der Waals surface area contributed by atoms with Gasteiger partial charge in [-0.1, -0.05) is 87.2 Å². The van der Waals surface area contributed by atoms with Crippen LogP contribution in [-0.2, 0) is 6.42 Å². The summed E-state index contributed by atoms with van der Waals surface area (Å²) in [7, 11) is 0. The topological polar surface area (TPSA) is 47.9 Å². The van der Waals surface area contributed by atoms with Gasteiger partial charge in [0.05, 0.1) is 6.61 Å². The third-order valence-corrected chi connectivity index (χ3v) is 4.44. The molecule has 0 N–H and O–H groups in total. The van der Waals surface area contributed by atoms with Crippen molar-refractivity contribution in [2.75, 3.05) is 6.61 Å². The highest BCUT2D eigenvalue weighted by Gasteiger charge is 2.17. The molecule has 0 saturated heterocycles. The van der Waals surface area contributed by atoms with E-state index < -0.39 is 0 Å². The normalized spacial score (nSPS) is 11.5. The lowest BCUT2D eigenvalue weighted by atomic mass is 9.99. The zero-order chi connectivity index (χ0) is 20.1. The molecule has 0 radical (unpaired) electrons. The summed E-state index contributed by atoms with van der Waals surface area (Å²) >= 11 is 6.04. The SMILES string of the molecule is CCCc1ccc(-c2nc(OCC(C)(C)C)nnc2-c2ccc(Cl)cc2)cc1. The van der Waals surface area contributed by atoms with Crippen LogP contribution in [0.15, 0.2) is 48.5 Å². The molecule has 3 rings (SSSR count). The molecule has 1 aromatic heterocycles. The van der Waals surface area contributed by atoms with Gasteiger partial charge in [-0.25, -0.2) is 0 Å². The zero-order valence-corrected chi connectivity index (χ0v) is 17.6. The van der Waals surface area contributed by atoms with Crippen LogP contribution in [0.4, 0.5) is 0 Å². The van der Waals surface area contributed by atoms with Gasteiger partial charge in [0.1, 0.15) is 11.4 Å². The standard InChI is InChI=1S/C23H26ClN3O/c1-5-6-16-7-9-17(10-8-16)20-21(18-11-13-19(24)14-12-18)26-27-22(25-20)28-15-23(2,3)4/h7-14H,5-6,15H2,1-4H3. The Morgan fingerprint density at radius 2 is 1.46 bits per heavy atom. The number of ether oxygens (including phenoxy) is 1. The maximum Gasteiger partial charge on any atom is 0.336 e. The van der Waals surface area contributed by atoms with Crippen LogP contribution in [0.2, 0.25) is 5.02 Å². The molecule has 5 heteroatoms. The lowest BCUT2D eigenvalue weighted by Gasteiger charge is -2.18. The fourth-order valence-electron chi connectivity index (χ4n) is 2.77. The molecule has 0 bridgehead atoms. The van der Waals surface area contributed by atoms with Gasteiger partial charge in [0.25, 0.3) is 0 Å². The molecule has 0 saturated carbocycles. The highest BCUT2D eigenvalue weighted by atomic mass is 35.5. The van der Waals surface area contributed by atoms with Crippen molar-refractivity contribution >= 4 is 11.6 Å². The molecule has 146 valence electrons. The Kier molecular flexibility index (Phi) is 6.30. The first-order chi connectivity index (χ1) is 13.4.